The summed E-state index contributed by atoms with van der Waals surface area (Å²) in [6, 6.07) is 7.89. The molecule has 1 saturated carbocycles. The van der Waals surface area contributed by atoms with Crippen LogP contribution in [0.15, 0.2) is 24.3 Å². The van der Waals surface area contributed by atoms with Gasteiger partial charge in [0.1, 0.15) is 0 Å². The Labute approximate surface area is 111 Å². The minimum atomic E-state index is -0.255. The van der Waals surface area contributed by atoms with Crippen LogP contribution < -0.4 is 16.0 Å². The minimum absolute atomic E-state index is 0.173. The highest BCUT2D eigenvalue weighted by Gasteiger charge is 2.34. The van der Waals surface area contributed by atoms with Crippen molar-refractivity contribution in [3.63, 3.8) is 0 Å². The van der Waals surface area contributed by atoms with Crippen molar-refractivity contribution in [1.82, 2.24) is 5.32 Å². The summed E-state index contributed by atoms with van der Waals surface area (Å²) >= 11 is 0. The van der Waals surface area contributed by atoms with E-state index < -0.39 is 0 Å². The number of nitrogens with one attached hydrogen (secondary N) is 1. The lowest BCUT2D eigenvalue weighted by Crippen LogP contribution is -2.51. The third kappa shape index (κ3) is 2.21. The molecule has 1 aromatic carbocycles. The molecule has 19 heavy (non-hydrogen) atoms. The summed E-state index contributed by atoms with van der Waals surface area (Å²) in [5.74, 6) is -0.510. The number of carbonyl (C=O) groups excluding carboxylic acids is 2. The van der Waals surface area contributed by atoms with E-state index in [0.29, 0.717) is 0 Å². The zero-order chi connectivity index (χ0) is 13.5. The first-order valence-electron chi connectivity index (χ1n) is 6.54. The predicted octanol–water partition coefficient (Wildman–Crippen LogP) is 0.487. The van der Waals surface area contributed by atoms with Crippen LogP contribution in [-0.4, -0.2) is 24.9 Å². The van der Waals surface area contributed by atoms with Crippen LogP contribution in [-0.2, 0) is 15.1 Å². The minimum Gasteiger partial charge on any atom is -0.353 e. The largest absolute Gasteiger partial charge is 0.353 e. The summed E-state index contributed by atoms with van der Waals surface area (Å²) in [5.41, 5.74) is 8.11. The molecule has 5 heteroatoms. The van der Waals surface area contributed by atoms with E-state index in [0.717, 1.165) is 24.1 Å². The molecule has 0 unspecified atom stereocenters. The average molecular weight is 259 g/mol. The van der Waals surface area contributed by atoms with E-state index >= 15 is 0 Å². The number of anilines is 1. The number of carbonyl (C=O) groups is 2. The Bertz CT molecular complexity index is 504. The normalized spacial score (nSPS) is 21.8. The highest BCUT2D eigenvalue weighted by atomic mass is 16.2. The number of benzene rings is 1. The monoisotopic (exact) mass is 259 g/mol. The van der Waals surface area contributed by atoms with Crippen LogP contribution in [0, 0.1) is 0 Å². The third-order valence-electron chi connectivity index (χ3n) is 4.00. The Kier molecular flexibility index (Phi) is 2.78. The second-order valence-corrected chi connectivity index (χ2v) is 5.38. The molecule has 0 bridgehead atoms. The molecule has 0 spiro atoms. The number of rotatable bonds is 2. The molecule has 1 aromatic rings. The van der Waals surface area contributed by atoms with Gasteiger partial charge in [0.25, 0.3) is 0 Å². The average Bonchev–Trinajstić information content (AvgIpc) is 2.35. The fourth-order valence-electron chi connectivity index (χ4n) is 2.67. The van der Waals surface area contributed by atoms with Gasteiger partial charge in [-0.1, -0.05) is 12.1 Å². The fraction of sp³-hybridized carbons (Fsp3) is 0.429. The summed E-state index contributed by atoms with van der Waals surface area (Å²) in [6.07, 6.45) is 3.23. The van der Waals surface area contributed by atoms with Crippen molar-refractivity contribution in [3.05, 3.63) is 29.8 Å². The maximum Gasteiger partial charge on any atom is 0.246 e. The molecular weight excluding hydrogens is 242 g/mol. The third-order valence-corrected chi connectivity index (χ3v) is 4.00. The number of piperazine rings is 1. The number of nitrogens with two attached hydrogens (primary N) is 1. The van der Waals surface area contributed by atoms with Gasteiger partial charge in [-0.2, -0.15) is 0 Å². The molecule has 5 nitrogen and oxygen atoms in total. The molecule has 1 saturated heterocycles. The van der Waals surface area contributed by atoms with Gasteiger partial charge < -0.3 is 10.6 Å². The zero-order valence-electron chi connectivity index (χ0n) is 10.7. The number of amides is 2. The zero-order valence-corrected chi connectivity index (χ0v) is 10.7. The molecule has 3 rings (SSSR count). The van der Waals surface area contributed by atoms with Crippen LogP contribution in [0.25, 0.3) is 0 Å². The fourth-order valence-corrected chi connectivity index (χ4v) is 2.67. The standard InChI is InChI=1S/C14H17N3O2/c15-14(6-1-7-14)10-2-4-11(5-3-10)17-8-12(18)16-13(19)9-17/h2-5H,1,6-9,15H2,(H,16,18,19). The lowest BCUT2D eigenvalue weighted by atomic mass is 9.73. The van der Waals surface area contributed by atoms with Gasteiger partial charge in [0.05, 0.1) is 13.1 Å². The Morgan fingerprint density at radius 3 is 2.11 bits per heavy atom. The van der Waals surface area contributed by atoms with E-state index in [4.69, 9.17) is 5.73 Å². The number of hydrogen-bond donors (Lipinski definition) is 2. The molecule has 1 aliphatic carbocycles. The SMILES string of the molecule is NC1(c2ccc(N3CC(=O)NC(=O)C3)cc2)CCC1. The maximum atomic E-state index is 11.3. The molecule has 3 N–H and O–H groups in total. The first-order chi connectivity index (χ1) is 9.07. The van der Waals surface area contributed by atoms with Gasteiger partial charge in [0.15, 0.2) is 0 Å². The summed E-state index contributed by atoms with van der Waals surface area (Å²) in [6.45, 7) is 0.442. The van der Waals surface area contributed by atoms with Crippen LogP contribution in [0.1, 0.15) is 24.8 Å². The van der Waals surface area contributed by atoms with Gasteiger partial charge in [-0.05, 0) is 37.0 Å². The Balaban J connectivity index is 1.78. The highest BCUT2D eigenvalue weighted by molar-refractivity contribution is 6.02. The van der Waals surface area contributed by atoms with Crippen molar-refractivity contribution < 1.29 is 9.59 Å². The van der Waals surface area contributed by atoms with Crippen molar-refractivity contribution in [2.45, 2.75) is 24.8 Å². The molecule has 2 fully saturated rings. The first kappa shape index (κ1) is 12.2. The van der Waals surface area contributed by atoms with Crippen LogP contribution in [0.5, 0.6) is 0 Å². The maximum absolute atomic E-state index is 11.3. The lowest BCUT2D eigenvalue weighted by Gasteiger charge is -2.39. The number of imide groups is 1. The van der Waals surface area contributed by atoms with E-state index in [1.165, 1.54) is 6.42 Å². The van der Waals surface area contributed by atoms with Crippen molar-refractivity contribution in [2.75, 3.05) is 18.0 Å². The summed E-state index contributed by atoms with van der Waals surface area (Å²) in [5, 5.41) is 2.29. The van der Waals surface area contributed by atoms with Crippen LogP contribution in [0.2, 0.25) is 0 Å². The van der Waals surface area contributed by atoms with Gasteiger partial charge in [0, 0.05) is 11.2 Å². The summed E-state index contributed by atoms with van der Waals surface area (Å²) in [4.78, 5) is 24.5. The van der Waals surface area contributed by atoms with Gasteiger partial charge in [-0.3, -0.25) is 14.9 Å². The van der Waals surface area contributed by atoms with E-state index in [-0.39, 0.29) is 30.4 Å². The second-order valence-electron chi connectivity index (χ2n) is 5.38. The second kappa shape index (κ2) is 4.35. The summed E-state index contributed by atoms with van der Waals surface area (Å²) < 4.78 is 0. The molecule has 2 amide bonds. The summed E-state index contributed by atoms with van der Waals surface area (Å²) in [7, 11) is 0. The van der Waals surface area contributed by atoms with Gasteiger partial charge >= 0.3 is 0 Å². The van der Waals surface area contributed by atoms with Crippen LogP contribution in [0.4, 0.5) is 5.69 Å². The molecule has 1 aliphatic heterocycles. The molecular formula is C14H17N3O2. The van der Waals surface area contributed by atoms with Crippen LogP contribution >= 0.6 is 0 Å². The van der Waals surface area contributed by atoms with E-state index in [2.05, 4.69) is 5.32 Å². The van der Waals surface area contributed by atoms with Crippen LogP contribution in [0.3, 0.4) is 0 Å². The molecule has 2 aliphatic rings. The topological polar surface area (TPSA) is 75.4 Å². The van der Waals surface area contributed by atoms with Gasteiger partial charge in [0.2, 0.25) is 11.8 Å². The Morgan fingerprint density at radius 2 is 1.63 bits per heavy atom. The van der Waals surface area contributed by atoms with E-state index in [1.54, 1.807) is 4.90 Å². The lowest BCUT2D eigenvalue weighted by molar-refractivity contribution is -0.130. The van der Waals surface area contributed by atoms with Crippen molar-refractivity contribution in [3.8, 4) is 0 Å². The van der Waals surface area contributed by atoms with Crippen molar-refractivity contribution >= 4 is 17.5 Å². The van der Waals surface area contributed by atoms with E-state index in [1.807, 2.05) is 24.3 Å². The molecule has 0 radical (unpaired) electrons. The first-order valence-corrected chi connectivity index (χ1v) is 6.54. The quantitative estimate of drug-likeness (QED) is 0.758. The molecule has 0 atom stereocenters. The molecule has 1 heterocycles. The highest BCUT2D eigenvalue weighted by Crippen LogP contribution is 2.39. The Hall–Kier alpha value is -1.88. The van der Waals surface area contributed by atoms with Gasteiger partial charge in [-0.25, -0.2) is 0 Å². The molecule has 0 aromatic heterocycles. The van der Waals surface area contributed by atoms with Crippen molar-refractivity contribution in [2.24, 2.45) is 5.73 Å². The predicted molar refractivity (Wildman–Crippen MR) is 71.5 cm³/mol. The van der Waals surface area contributed by atoms with Crippen molar-refractivity contribution in [1.29, 1.82) is 0 Å². The van der Waals surface area contributed by atoms with E-state index in [9.17, 15) is 9.59 Å². The van der Waals surface area contributed by atoms with Gasteiger partial charge in [-0.15, -0.1) is 0 Å². The Morgan fingerprint density at radius 1 is 1.05 bits per heavy atom. The number of hydrogen-bond acceptors (Lipinski definition) is 4. The molecule has 100 valence electrons. The number of nitrogens with zero attached hydrogens (tertiary/aromatic N) is 1. The smallest absolute Gasteiger partial charge is 0.246 e.